The zero-order valence-corrected chi connectivity index (χ0v) is 18.3. The van der Waals surface area contributed by atoms with Gasteiger partial charge < -0.3 is 13.3 Å². The van der Waals surface area contributed by atoms with E-state index in [1.54, 1.807) is 0 Å². The van der Waals surface area contributed by atoms with Crippen LogP contribution in [-0.4, -0.2) is 30.9 Å². The van der Waals surface area contributed by atoms with E-state index in [0.717, 1.165) is 0 Å². The van der Waals surface area contributed by atoms with Gasteiger partial charge in [-0.2, -0.15) is 0 Å². The van der Waals surface area contributed by atoms with Crippen LogP contribution < -0.4 is 0 Å². The van der Waals surface area contributed by atoms with Crippen molar-refractivity contribution < 1.29 is 18.1 Å². The van der Waals surface area contributed by atoms with Gasteiger partial charge in [-0.25, -0.2) is 4.79 Å². The van der Waals surface area contributed by atoms with Crippen LogP contribution in [0.5, 0.6) is 0 Å². The zero-order chi connectivity index (χ0) is 17.1. The predicted octanol–water partition coefficient (Wildman–Crippen LogP) is 4.69. The highest BCUT2D eigenvalue weighted by molar-refractivity contribution is 6.72. The third-order valence-electron chi connectivity index (χ3n) is 2.04. The van der Waals surface area contributed by atoms with E-state index in [9.17, 15) is 4.79 Å². The van der Waals surface area contributed by atoms with Crippen molar-refractivity contribution in [2.45, 2.75) is 72.3 Å². The minimum absolute atomic E-state index is 0.289. The molecular weight excluding hydrogens is 316 g/mol. The highest BCUT2D eigenvalue weighted by Gasteiger charge is 2.30. The Balaban J connectivity index is 5.59. The first-order chi connectivity index (χ1) is 9.14. The Bertz CT molecular complexity index is 380. The van der Waals surface area contributed by atoms with Gasteiger partial charge in [-0.05, 0) is 65.3 Å². The second-order valence-corrected chi connectivity index (χ2v) is 21.3. The average Bonchev–Trinajstić information content (AvgIpc) is 2.09. The molecule has 0 atom stereocenters. The Labute approximate surface area is 133 Å². The van der Waals surface area contributed by atoms with E-state index in [1.807, 2.05) is 26.6 Å². The molecule has 0 aliphatic carbocycles. The SMILES string of the molecule is CCC(C(=O)O[Si](C)(C)C)=C(O[Si](C)(C)C)O[Si](C)(C)C. The van der Waals surface area contributed by atoms with Crippen LogP contribution in [0.15, 0.2) is 11.5 Å². The molecule has 0 aromatic carbocycles. The number of hydrogen-bond acceptors (Lipinski definition) is 4. The molecule has 0 amide bonds. The molecule has 0 spiro atoms. The molecule has 21 heavy (non-hydrogen) atoms. The molecular formula is C14H32O4Si3. The molecule has 0 heterocycles. The minimum Gasteiger partial charge on any atom is -0.520 e. The lowest BCUT2D eigenvalue weighted by Gasteiger charge is -2.29. The average molecular weight is 349 g/mol. The molecule has 4 nitrogen and oxygen atoms in total. The topological polar surface area (TPSA) is 44.8 Å². The maximum Gasteiger partial charge on any atom is 0.327 e. The van der Waals surface area contributed by atoms with E-state index in [1.165, 1.54) is 0 Å². The standard InChI is InChI=1S/C14H32O4Si3/c1-11-12(13(15)16-19(2,3)4)14(17-20(5,6)7)18-21(8,9)10/h11H2,1-10H3. The van der Waals surface area contributed by atoms with Crippen LogP contribution in [-0.2, 0) is 18.1 Å². The first-order valence-electron chi connectivity index (χ1n) is 7.49. The van der Waals surface area contributed by atoms with Gasteiger partial charge in [0.2, 0.25) is 25.0 Å². The van der Waals surface area contributed by atoms with Gasteiger partial charge in [-0.3, -0.25) is 0 Å². The van der Waals surface area contributed by atoms with Crippen LogP contribution in [0.1, 0.15) is 13.3 Å². The van der Waals surface area contributed by atoms with Crippen molar-refractivity contribution in [2.75, 3.05) is 0 Å². The molecule has 0 aromatic heterocycles. The highest BCUT2D eigenvalue weighted by Crippen LogP contribution is 2.23. The largest absolute Gasteiger partial charge is 0.520 e. The summed E-state index contributed by atoms with van der Waals surface area (Å²) in [6.07, 6.45) is 0.549. The van der Waals surface area contributed by atoms with Gasteiger partial charge in [0.1, 0.15) is 5.57 Å². The van der Waals surface area contributed by atoms with Crippen molar-refractivity contribution >= 4 is 30.9 Å². The van der Waals surface area contributed by atoms with E-state index in [-0.39, 0.29) is 5.97 Å². The molecule has 0 radical (unpaired) electrons. The summed E-state index contributed by atoms with van der Waals surface area (Å²) in [4.78, 5) is 12.4. The maximum atomic E-state index is 12.4. The second kappa shape index (κ2) is 7.15. The van der Waals surface area contributed by atoms with Gasteiger partial charge >= 0.3 is 5.97 Å². The Morgan fingerprint density at radius 2 is 1.05 bits per heavy atom. The van der Waals surface area contributed by atoms with Gasteiger partial charge in [0.05, 0.1) is 0 Å². The summed E-state index contributed by atoms with van der Waals surface area (Å²) in [5.74, 6) is 0.113. The predicted molar refractivity (Wildman–Crippen MR) is 95.6 cm³/mol. The lowest BCUT2D eigenvalue weighted by Crippen LogP contribution is -2.35. The van der Waals surface area contributed by atoms with Crippen molar-refractivity contribution in [1.29, 1.82) is 0 Å². The highest BCUT2D eigenvalue weighted by atomic mass is 28.4. The third-order valence-corrected chi connectivity index (χ3v) is 4.44. The van der Waals surface area contributed by atoms with Crippen LogP contribution in [0.4, 0.5) is 0 Å². The molecule has 0 saturated carbocycles. The summed E-state index contributed by atoms with van der Waals surface area (Å²) >= 11 is 0. The lowest BCUT2D eigenvalue weighted by molar-refractivity contribution is -0.131. The van der Waals surface area contributed by atoms with Crippen molar-refractivity contribution in [2.24, 2.45) is 0 Å². The van der Waals surface area contributed by atoms with Crippen LogP contribution in [0.3, 0.4) is 0 Å². The fourth-order valence-corrected chi connectivity index (χ4v) is 3.62. The Kier molecular flexibility index (Phi) is 6.96. The Morgan fingerprint density at radius 1 is 0.714 bits per heavy atom. The molecule has 0 aliphatic heterocycles. The molecule has 0 fully saturated rings. The molecule has 0 rings (SSSR count). The summed E-state index contributed by atoms with van der Waals surface area (Å²) in [5, 5.41) is 0. The van der Waals surface area contributed by atoms with Crippen molar-refractivity contribution in [3.63, 3.8) is 0 Å². The quantitative estimate of drug-likeness (QED) is 0.380. The molecule has 0 bridgehead atoms. The smallest absolute Gasteiger partial charge is 0.327 e. The Hall–Kier alpha value is -0.539. The molecule has 0 aromatic rings. The van der Waals surface area contributed by atoms with Crippen LogP contribution in [0.25, 0.3) is 0 Å². The fourth-order valence-electron chi connectivity index (χ4n) is 1.41. The van der Waals surface area contributed by atoms with Crippen molar-refractivity contribution in [3.05, 3.63) is 11.5 Å². The van der Waals surface area contributed by atoms with Crippen molar-refractivity contribution in [3.8, 4) is 0 Å². The number of carbonyl (C=O) groups excluding carboxylic acids is 1. The molecule has 0 aliphatic rings. The minimum atomic E-state index is -1.93. The van der Waals surface area contributed by atoms with E-state index in [2.05, 4.69) is 39.3 Å². The monoisotopic (exact) mass is 348 g/mol. The Morgan fingerprint density at radius 3 is 1.29 bits per heavy atom. The molecule has 0 unspecified atom stereocenters. The molecule has 124 valence electrons. The maximum absolute atomic E-state index is 12.4. The fraction of sp³-hybridized carbons (Fsp3) is 0.786. The number of rotatable bonds is 7. The first kappa shape index (κ1) is 20.5. The zero-order valence-electron chi connectivity index (χ0n) is 15.3. The molecule has 0 saturated heterocycles. The van der Waals surface area contributed by atoms with Crippen molar-refractivity contribution in [1.82, 2.24) is 0 Å². The van der Waals surface area contributed by atoms with Crippen LogP contribution in [0.2, 0.25) is 58.9 Å². The van der Waals surface area contributed by atoms with Gasteiger partial charge in [0, 0.05) is 0 Å². The van der Waals surface area contributed by atoms with Gasteiger partial charge in [-0.1, -0.05) is 6.92 Å². The number of carbonyl (C=O) groups is 1. The van der Waals surface area contributed by atoms with E-state index < -0.39 is 25.0 Å². The lowest BCUT2D eigenvalue weighted by atomic mass is 10.2. The van der Waals surface area contributed by atoms with Crippen LogP contribution >= 0.6 is 0 Å². The van der Waals surface area contributed by atoms with Gasteiger partial charge in [0.15, 0.2) is 0 Å². The normalized spacial score (nSPS) is 12.7. The summed E-state index contributed by atoms with van der Waals surface area (Å²) in [6.45, 7) is 20.4. The van der Waals surface area contributed by atoms with Gasteiger partial charge in [-0.15, -0.1) is 0 Å². The summed E-state index contributed by atoms with van der Waals surface area (Å²) in [6, 6.07) is 0. The van der Waals surface area contributed by atoms with E-state index >= 15 is 0 Å². The number of hydrogen-bond donors (Lipinski definition) is 0. The van der Waals surface area contributed by atoms with Gasteiger partial charge in [0.25, 0.3) is 5.95 Å². The molecule has 7 heteroatoms. The van der Waals surface area contributed by atoms with Crippen LogP contribution in [0, 0.1) is 0 Å². The molecule has 0 N–H and O–H groups in total. The summed E-state index contributed by atoms with van der Waals surface area (Å²) in [7, 11) is -5.66. The van der Waals surface area contributed by atoms with E-state index in [4.69, 9.17) is 13.3 Å². The van der Waals surface area contributed by atoms with E-state index in [0.29, 0.717) is 17.9 Å². The first-order valence-corrected chi connectivity index (χ1v) is 17.7. The summed E-state index contributed by atoms with van der Waals surface area (Å²) in [5.41, 5.74) is 0.530. The second-order valence-electron chi connectivity index (χ2n) is 8.05. The third kappa shape index (κ3) is 9.92. The summed E-state index contributed by atoms with van der Waals surface area (Å²) < 4.78 is 17.7.